The third-order valence-corrected chi connectivity index (χ3v) is 1.58. The number of rotatable bonds is 3. The maximum absolute atomic E-state index is 5.40. The second-order valence-corrected chi connectivity index (χ2v) is 2.48. The van der Waals surface area contributed by atoms with Gasteiger partial charge in [-0.1, -0.05) is 0 Å². The van der Waals surface area contributed by atoms with Gasteiger partial charge in [-0.3, -0.25) is 0 Å². The molecule has 10 heavy (non-hydrogen) atoms. The lowest BCUT2D eigenvalue weighted by molar-refractivity contribution is 0.607. The van der Waals surface area contributed by atoms with Crippen molar-refractivity contribution in [2.24, 2.45) is 16.5 Å². The van der Waals surface area contributed by atoms with E-state index in [1.54, 1.807) is 0 Å². The van der Waals surface area contributed by atoms with Crippen molar-refractivity contribution in [3.05, 3.63) is 0 Å². The predicted octanol–water partition coefficient (Wildman–Crippen LogP) is -0.988. The van der Waals surface area contributed by atoms with Crippen LogP contribution < -0.4 is 16.8 Å². The van der Waals surface area contributed by atoms with Gasteiger partial charge in [-0.25, -0.2) is 4.99 Å². The summed E-state index contributed by atoms with van der Waals surface area (Å²) < 4.78 is 0. The molecule has 5 N–H and O–H groups in total. The SMILES string of the molecule is NCCC[C@@H]1CNC(N)=N1. The molecule has 1 heterocycles. The molecular formula is C6H14N4. The Labute approximate surface area is 60.7 Å². The van der Waals surface area contributed by atoms with E-state index < -0.39 is 0 Å². The molecule has 0 aromatic rings. The third kappa shape index (κ3) is 1.88. The van der Waals surface area contributed by atoms with Gasteiger partial charge in [0.15, 0.2) is 5.96 Å². The highest BCUT2D eigenvalue weighted by Gasteiger charge is 2.12. The highest BCUT2D eigenvalue weighted by atomic mass is 15.2. The Bertz CT molecular complexity index is 132. The van der Waals surface area contributed by atoms with E-state index in [2.05, 4.69) is 10.3 Å². The number of hydrogen-bond acceptors (Lipinski definition) is 4. The van der Waals surface area contributed by atoms with E-state index in [0.717, 1.165) is 25.9 Å². The lowest BCUT2D eigenvalue weighted by atomic mass is 10.2. The molecule has 0 radical (unpaired) electrons. The zero-order valence-corrected chi connectivity index (χ0v) is 6.01. The van der Waals surface area contributed by atoms with Crippen molar-refractivity contribution in [2.75, 3.05) is 13.1 Å². The van der Waals surface area contributed by atoms with Gasteiger partial charge in [0.1, 0.15) is 0 Å². The number of aliphatic imine (C=N–C) groups is 1. The van der Waals surface area contributed by atoms with E-state index in [1.165, 1.54) is 0 Å². The van der Waals surface area contributed by atoms with E-state index >= 15 is 0 Å². The summed E-state index contributed by atoms with van der Waals surface area (Å²) in [5, 5.41) is 2.97. The topological polar surface area (TPSA) is 76.4 Å². The lowest BCUT2D eigenvalue weighted by Gasteiger charge is -2.01. The van der Waals surface area contributed by atoms with Crippen LogP contribution in [0.2, 0.25) is 0 Å². The molecule has 0 aromatic heterocycles. The van der Waals surface area contributed by atoms with Crippen LogP contribution in [-0.2, 0) is 0 Å². The van der Waals surface area contributed by atoms with Crippen LogP contribution in [0.3, 0.4) is 0 Å². The Morgan fingerprint density at radius 1 is 1.70 bits per heavy atom. The second-order valence-electron chi connectivity index (χ2n) is 2.48. The monoisotopic (exact) mass is 142 g/mol. The lowest BCUT2D eigenvalue weighted by Crippen LogP contribution is -2.27. The maximum atomic E-state index is 5.40. The first-order valence-electron chi connectivity index (χ1n) is 3.60. The minimum atomic E-state index is 0.364. The quantitative estimate of drug-likeness (QED) is 0.473. The molecule has 1 atom stereocenters. The average molecular weight is 142 g/mol. The zero-order valence-electron chi connectivity index (χ0n) is 6.01. The second kappa shape index (κ2) is 3.41. The van der Waals surface area contributed by atoms with E-state index in [9.17, 15) is 0 Å². The minimum Gasteiger partial charge on any atom is -0.370 e. The van der Waals surface area contributed by atoms with Crippen LogP contribution >= 0.6 is 0 Å². The van der Waals surface area contributed by atoms with Gasteiger partial charge in [-0.15, -0.1) is 0 Å². The van der Waals surface area contributed by atoms with Crippen molar-refractivity contribution in [3.8, 4) is 0 Å². The Morgan fingerprint density at radius 3 is 3.00 bits per heavy atom. The van der Waals surface area contributed by atoms with Gasteiger partial charge < -0.3 is 16.8 Å². The Morgan fingerprint density at radius 2 is 2.50 bits per heavy atom. The van der Waals surface area contributed by atoms with E-state index in [4.69, 9.17) is 11.5 Å². The fourth-order valence-electron chi connectivity index (χ4n) is 1.03. The summed E-state index contributed by atoms with van der Waals surface area (Å²) in [6.07, 6.45) is 2.08. The maximum Gasteiger partial charge on any atom is 0.189 e. The summed E-state index contributed by atoms with van der Waals surface area (Å²) >= 11 is 0. The molecule has 58 valence electrons. The Hall–Kier alpha value is -0.770. The Kier molecular flexibility index (Phi) is 2.50. The van der Waals surface area contributed by atoms with Crippen molar-refractivity contribution in [2.45, 2.75) is 18.9 Å². The van der Waals surface area contributed by atoms with E-state index in [-0.39, 0.29) is 0 Å². The van der Waals surface area contributed by atoms with Crippen LogP contribution in [0, 0.1) is 0 Å². The normalized spacial score (nSPS) is 24.1. The molecule has 0 aliphatic carbocycles. The molecule has 4 nitrogen and oxygen atoms in total. The number of hydrogen-bond donors (Lipinski definition) is 3. The van der Waals surface area contributed by atoms with Gasteiger partial charge in [-0.2, -0.15) is 0 Å². The van der Waals surface area contributed by atoms with Crippen LogP contribution in [0.25, 0.3) is 0 Å². The molecule has 4 heteroatoms. The fraction of sp³-hybridized carbons (Fsp3) is 0.833. The molecule has 0 bridgehead atoms. The number of nitrogens with zero attached hydrogens (tertiary/aromatic N) is 1. The summed E-state index contributed by atoms with van der Waals surface area (Å²) in [6, 6.07) is 0.364. The number of nitrogens with two attached hydrogens (primary N) is 2. The van der Waals surface area contributed by atoms with Gasteiger partial charge in [0.25, 0.3) is 0 Å². The zero-order chi connectivity index (χ0) is 7.40. The summed E-state index contributed by atoms with van der Waals surface area (Å²) in [6.45, 7) is 1.62. The van der Waals surface area contributed by atoms with Gasteiger partial charge in [0.2, 0.25) is 0 Å². The van der Waals surface area contributed by atoms with Crippen LogP contribution in [0.4, 0.5) is 0 Å². The molecule has 0 saturated heterocycles. The summed E-state index contributed by atoms with van der Waals surface area (Å²) in [7, 11) is 0. The van der Waals surface area contributed by atoms with Crippen LogP contribution in [0.5, 0.6) is 0 Å². The molecular weight excluding hydrogens is 128 g/mol. The first-order chi connectivity index (χ1) is 4.83. The van der Waals surface area contributed by atoms with Crippen LogP contribution in [0.1, 0.15) is 12.8 Å². The average Bonchev–Trinajstić information content (AvgIpc) is 2.31. The predicted molar refractivity (Wildman–Crippen MR) is 41.7 cm³/mol. The van der Waals surface area contributed by atoms with Crippen molar-refractivity contribution < 1.29 is 0 Å². The standard InChI is InChI=1S/C6H14N4/c7-3-1-2-5-4-9-6(8)10-5/h5H,1-4,7H2,(H3,8,9,10)/t5-/m1/s1. The molecule has 1 aliphatic heterocycles. The third-order valence-electron chi connectivity index (χ3n) is 1.58. The first kappa shape index (κ1) is 7.34. The van der Waals surface area contributed by atoms with Crippen molar-refractivity contribution in [1.29, 1.82) is 0 Å². The smallest absolute Gasteiger partial charge is 0.189 e. The fourth-order valence-corrected chi connectivity index (χ4v) is 1.03. The number of nitrogens with one attached hydrogen (secondary N) is 1. The van der Waals surface area contributed by atoms with Gasteiger partial charge in [-0.05, 0) is 19.4 Å². The summed E-state index contributed by atoms with van der Waals surface area (Å²) in [5.41, 5.74) is 10.7. The number of guanidine groups is 1. The van der Waals surface area contributed by atoms with Crippen molar-refractivity contribution >= 4 is 5.96 Å². The summed E-state index contributed by atoms with van der Waals surface area (Å²) in [4.78, 5) is 4.15. The van der Waals surface area contributed by atoms with Crippen molar-refractivity contribution in [1.82, 2.24) is 5.32 Å². The molecule has 0 unspecified atom stereocenters. The molecule has 0 spiro atoms. The molecule has 0 amide bonds. The molecule has 0 saturated carbocycles. The Balaban J connectivity index is 2.18. The highest BCUT2D eigenvalue weighted by Crippen LogP contribution is 2.03. The van der Waals surface area contributed by atoms with Gasteiger partial charge >= 0.3 is 0 Å². The molecule has 1 aliphatic rings. The molecule has 0 fully saturated rings. The largest absolute Gasteiger partial charge is 0.370 e. The van der Waals surface area contributed by atoms with Gasteiger partial charge in [0.05, 0.1) is 6.04 Å². The molecule has 0 aromatic carbocycles. The van der Waals surface area contributed by atoms with Gasteiger partial charge in [0, 0.05) is 6.54 Å². The van der Waals surface area contributed by atoms with E-state index in [0.29, 0.717) is 12.0 Å². The van der Waals surface area contributed by atoms with Crippen LogP contribution in [-0.4, -0.2) is 25.1 Å². The molecule has 1 rings (SSSR count). The highest BCUT2D eigenvalue weighted by molar-refractivity contribution is 5.79. The van der Waals surface area contributed by atoms with E-state index in [1.807, 2.05) is 0 Å². The van der Waals surface area contributed by atoms with Crippen LogP contribution in [0.15, 0.2) is 4.99 Å². The minimum absolute atomic E-state index is 0.364. The van der Waals surface area contributed by atoms with Crippen molar-refractivity contribution in [3.63, 3.8) is 0 Å². The summed E-state index contributed by atoms with van der Waals surface area (Å²) in [5.74, 6) is 0.571. The first-order valence-corrected chi connectivity index (χ1v) is 3.60.